The molecule has 2 unspecified atom stereocenters. The fraction of sp³-hybridized carbons (Fsp3) is 0.350. The van der Waals surface area contributed by atoms with Crippen LogP contribution in [0.5, 0.6) is 0 Å². The zero-order chi connectivity index (χ0) is 14.4. The van der Waals surface area contributed by atoms with Crippen LogP contribution in [0.4, 0.5) is 0 Å². The Morgan fingerprint density at radius 3 is 2.48 bits per heavy atom. The SMILES string of the molecule is CC1CCC2(C1)C(=O)c1ccccc1Cc1ccccc12. The third-order valence-electron chi connectivity index (χ3n) is 5.37. The largest absolute Gasteiger partial charge is 0.293 e. The fourth-order valence-electron chi connectivity index (χ4n) is 4.37. The molecule has 2 aliphatic rings. The molecular formula is C20H20O. The molecule has 2 atom stereocenters. The molecule has 21 heavy (non-hydrogen) atoms. The number of rotatable bonds is 0. The first kappa shape index (κ1) is 12.8. The van der Waals surface area contributed by atoms with E-state index in [0.29, 0.717) is 11.7 Å². The van der Waals surface area contributed by atoms with Gasteiger partial charge in [-0.15, -0.1) is 0 Å². The summed E-state index contributed by atoms with van der Waals surface area (Å²) in [4.78, 5) is 13.4. The van der Waals surface area contributed by atoms with Crippen molar-refractivity contribution in [3.63, 3.8) is 0 Å². The molecule has 0 radical (unpaired) electrons. The van der Waals surface area contributed by atoms with Crippen molar-refractivity contribution >= 4 is 5.78 Å². The molecule has 2 aromatic rings. The summed E-state index contributed by atoms with van der Waals surface area (Å²) in [6.07, 6.45) is 4.03. The van der Waals surface area contributed by atoms with Crippen molar-refractivity contribution in [2.75, 3.05) is 0 Å². The molecule has 0 heterocycles. The molecule has 1 nitrogen and oxygen atoms in total. The van der Waals surface area contributed by atoms with Crippen LogP contribution < -0.4 is 0 Å². The third kappa shape index (κ3) is 1.80. The van der Waals surface area contributed by atoms with Crippen LogP contribution >= 0.6 is 0 Å². The lowest BCUT2D eigenvalue weighted by Gasteiger charge is -2.29. The molecule has 0 saturated heterocycles. The quantitative estimate of drug-likeness (QED) is 0.691. The summed E-state index contributed by atoms with van der Waals surface area (Å²) < 4.78 is 0. The average molecular weight is 276 g/mol. The lowest BCUT2D eigenvalue weighted by molar-refractivity contribution is 0.0883. The summed E-state index contributed by atoms with van der Waals surface area (Å²) >= 11 is 0. The van der Waals surface area contributed by atoms with Crippen LogP contribution in [0.15, 0.2) is 48.5 Å². The second kappa shape index (κ2) is 4.56. The van der Waals surface area contributed by atoms with Crippen molar-refractivity contribution < 1.29 is 4.79 Å². The average Bonchev–Trinajstić information content (AvgIpc) is 2.86. The number of carbonyl (C=O) groups is 1. The van der Waals surface area contributed by atoms with Crippen molar-refractivity contribution in [3.8, 4) is 0 Å². The molecule has 1 heteroatoms. The van der Waals surface area contributed by atoms with Gasteiger partial charge in [0.1, 0.15) is 0 Å². The van der Waals surface area contributed by atoms with Crippen LogP contribution in [0.1, 0.15) is 53.2 Å². The minimum atomic E-state index is -0.275. The first-order valence-corrected chi connectivity index (χ1v) is 7.92. The first-order chi connectivity index (χ1) is 10.2. The number of carbonyl (C=O) groups excluding carboxylic acids is 1. The molecule has 4 rings (SSSR count). The van der Waals surface area contributed by atoms with Crippen molar-refractivity contribution in [2.45, 2.75) is 38.0 Å². The Labute approximate surface area is 126 Å². The second-order valence-corrected chi connectivity index (χ2v) is 6.75. The Kier molecular flexibility index (Phi) is 2.78. The van der Waals surface area contributed by atoms with Crippen LogP contribution in [-0.2, 0) is 11.8 Å². The molecule has 0 aromatic heterocycles. The summed E-state index contributed by atoms with van der Waals surface area (Å²) in [6.45, 7) is 2.28. The highest BCUT2D eigenvalue weighted by molar-refractivity contribution is 6.06. The van der Waals surface area contributed by atoms with Crippen molar-refractivity contribution in [1.82, 2.24) is 0 Å². The highest BCUT2D eigenvalue weighted by atomic mass is 16.1. The maximum Gasteiger partial charge on any atom is 0.173 e. The van der Waals surface area contributed by atoms with Crippen LogP contribution in [0, 0.1) is 5.92 Å². The Morgan fingerprint density at radius 1 is 1.00 bits per heavy atom. The van der Waals surface area contributed by atoms with Gasteiger partial charge in [-0.05, 0) is 48.3 Å². The minimum Gasteiger partial charge on any atom is -0.293 e. The van der Waals surface area contributed by atoms with Crippen LogP contribution in [0.2, 0.25) is 0 Å². The Balaban J connectivity index is 2.00. The van der Waals surface area contributed by atoms with Gasteiger partial charge in [-0.3, -0.25) is 4.79 Å². The Hall–Kier alpha value is -1.89. The molecular weight excluding hydrogens is 256 g/mol. The first-order valence-electron chi connectivity index (χ1n) is 7.92. The van der Waals surface area contributed by atoms with E-state index in [1.807, 2.05) is 18.2 Å². The number of hydrogen-bond donors (Lipinski definition) is 0. The van der Waals surface area contributed by atoms with Crippen LogP contribution in [-0.4, -0.2) is 5.78 Å². The van der Waals surface area contributed by atoms with E-state index >= 15 is 0 Å². The monoisotopic (exact) mass is 276 g/mol. The number of hydrogen-bond acceptors (Lipinski definition) is 1. The number of ketones is 1. The zero-order valence-corrected chi connectivity index (χ0v) is 12.4. The van der Waals surface area contributed by atoms with Gasteiger partial charge in [0, 0.05) is 5.56 Å². The number of fused-ring (bicyclic) bond motifs is 3. The Bertz CT molecular complexity index is 715. The van der Waals surface area contributed by atoms with Gasteiger partial charge in [-0.2, -0.15) is 0 Å². The van der Waals surface area contributed by atoms with Crippen LogP contribution in [0.25, 0.3) is 0 Å². The van der Waals surface area contributed by atoms with Gasteiger partial charge in [-0.25, -0.2) is 0 Å². The lowest BCUT2D eigenvalue weighted by Crippen LogP contribution is -2.33. The third-order valence-corrected chi connectivity index (χ3v) is 5.37. The maximum absolute atomic E-state index is 13.4. The van der Waals surface area contributed by atoms with Gasteiger partial charge in [0.2, 0.25) is 0 Å². The standard InChI is InChI=1S/C20H20O/c1-14-10-11-20(13-14)18-9-5-3-7-16(18)12-15-6-2-4-8-17(15)19(20)21/h2-9,14H,10-13H2,1H3. The maximum atomic E-state index is 13.4. The second-order valence-electron chi connectivity index (χ2n) is 6.75. The van der Waals surface area contributed by atoms with Gasteiger partial charge in [-0.1, -0.05) is 55.5 Å². The van der Waals surface area contributed by atoms with Gasteiger partial charge in [0.25, 0.3) is 0 Å². The topological polar surface area (TPSA) is 17.1 Å². The number of benzene rings is 2. The predicted molar refractivity (Wildman–Crippen MR) is 84.7 cm³/mol. The van der Waals surface area contributed by atoms with E-state index in [1.54, 1.807) is 0 Å². The Morgan fingerprint density at radius 2 is 1.71 bits per heavy atom. The molecule has 1 fully saturated rings. The van der Waals surface area contributed by atoms with Gasteiger partial charge in [0.05, 0.1) is 5.41 Å². The summed E-state index contributed by atoms with van der Waals surface area (Å²) in [6, 6.07) is 16.8. The van der Waals surface area contributed by atoms with Crippen LogP contribution in [0.3, 0.4) is 0 Å². The normalized spacial score (nSPS) is 27.3. The van der Waals surface area contributed by atoms with E-state index in [9.17, 15) is 4.79 Å². The summed E-state index contributed by atoms with van der Waals surface area (Å²) in [5, 5.41) is 0. The molecule has 1 spiro atoms. The fourth-order valence-corrected chi connectivity index (χ4v) is 4.37. The van der Waals surface area contributed by atoms with Crippen molar-refractivity contribution in [3.05, 3.63) is 70.8 Å². The van der Waals surface area contributed by atoms with E-state index in [-0.39, 0.29) is 5.41 Å². The van der Waals surface area contributed by atoms with Crippen molar-refractivity contribution in [1.29, 1.82) is 0 Å². The number of Topliss-reactive ketones (excluding diaryl/α,β-unsaturated/α-hetero) is 1. The van der Waals surface area contributed by atoms with Gasteiger partial charge in [0.15, 0.2) is 5.78 Å². The van der Waals surface area contributed by atoms with E-state index in [0.717, 1.165) is 31.2 Å². The lowest BCUT2D eigenvalue weighted by atomic mass is 9.72. The smallest absolute Gasteiger partial charge is 0.173 e. The molecule has 1 saturated carbocycles. The van der Waals surface area contributed by atoms with E-state index in [1.165, 1.54) is 16.7 Å². The zero-order valence-electron chi connectivity index (χ0n) is 12.4. The molecule has 2 aromatic carbocycles. The van der Waals surface area contributed by atoms with E-state index < -0.39 is 0 Å². The predicted octanol–water partition coefficient (Wildman–Crippen LogP) is 4.53. The molecule has 0 amide bonds. The van der Waals surface area contributed by atoms with Crippen molar-refractivity contribution in [2.24, 2.45) is 5.92 Å². The minimum absolute atomic E-state index is 0.275. The van der Waals surface area contributed by atoms with E-state index in [4.69, 9.17) is 0 Å². The molecule has 0 N–H and O–H groups in total. The van der Waals surface area contributed by atoms with Gasteiger partial charge < -0.3 is 0 Å². The van der Waals surface area contributed by atoms with E-state index in [2.05, 4.69) is 37.3 Å². The summed E-state index contributed by atoms with van der Waals surface area (Å²) in [5.41, 5.74) is 4.48. The molecule has 2 aliphatic carbocycles. The highest BCUT2D eigenvalue weighted by Crippen LogP contribution is 2.49. The summed E-state index contributed by atoms with van der Waals surface area (Å²) in [5.74, 6) is 0.986. The summed E-state index contributed by atoms with van der Waals surface area (Å²) in [7, 11) is 0. The molecule has 106 valence electrons. The van der Waals surface area contributed by atoms with Gasteiger partial charge >= 0.3 is 0 Å². The molecule has 0 aliphatic heterocycles. The molecule has 0 bridgehead atoms. The highest BCUT2D eigenvalue weighted by Gasteiger charge is 2.48.